The van der Waals surface area contributed by atoms with E-state index in [0.717, 1.165) is 5.39 Å². The van der Waals surface area contributed by atoms with E-state index >= 15 is 0 Å². The molecule has 0 fully saturated rings. The number of aromatic hydroxyl groups is 1. The van der Waals surface area contributed by atoms with Gasteiger partial charge in [-0.15, -0.1) is 0 Å². The van der Waals surface area contributed by atoms with Crippen LogP contribution in [0, 0.1) is 0 Å². The monoisotopic (exact) mass is 304 g/mol. The van der Waals surface area contributed by atoms with Crippen molar-refractivity contribution in [2.24, 2.45) is 0 Å². The maximum Gasteiger partial charge on any atom is 2.00 e. The molecule has 0 saturated heterocycles. The van der Waals surface area contributed by atoms with Gasteiger partial charge in [0.2, 0.25) is 0 Å². The van der Waals surface area contributed by atoms with Gasteiger partial charge in [-0.3, -0.25) is 4.98 Å². The summed E-state index contributed by atoms with van der Waals surface area (Å²) in [5.74, 6) is 0.239. The second kappa shape index (κ2) is 8.22. The molecule has 1 heterocycles. The first-order valence-corrected chi connectivity index (χ1v) is 3.40. The van der Waals surface area contributed by atoms with E-state index in [0.29, 0.717) is 5.52 Å². The number of aromatic nitrogens is 1. The molecule has 3 radical (unpaired) electrons. The fourth-order valence-corrected chi connectivity index (χ4v) is 1.09. The number of hydrogen-bond donors (Lipinski definition) is 1. The smallest absolute Gasteiger partial charge is 1.00 e. The van der Waals surface area contributed by atoms with Crippen LogP contribution >= 0.6 is 0 Å². The quantitative estimate of drug-likeness (QED) is 0.747. The van der Waals surface area contributed by atoms with E-state index < -0.39 is 0 Å². The Morgan fingerprint density at radius 2 is 1.79 bits per heavy atom. The molecule has 0 saturated carbocycles. The molecule has 2 aromatic rings. The molecule has 1 N–H and O–H groups in total. The topological polar surface area (TPSA) is 33.1 Å². The van der Waals surface area contributed by atoms with Gasteiger partial charge in [-0.25, -0.2) is 0 Å². The molecule has 0 unspecified atom stereocenters. The van der Waals surface area contributed by atoms with Crippen molar-refractivity contribution < 1.29 is 29.7 Å². The van der Waals surface area contributed by atoms with Crippen LogP contribution in [0.4, 0.5) is 0 Å². The minimum atomic E-state index is 0. The van der Waals surface area contributed by atoms with E-state index in [4.69, 9.17) is 0 Å². The Morgan fingerprint density at radius 3 is 2.43 bits per heavy atom. The SMILES string of the molecule is Oc1cccc2cccnc12.[Ca+2].[Ga].[H-].[H-].[Ti]. The van der Waals surface area contributed by atoms with Crippen LogP contribution in [0.2, 0.25) is 0 Å². The van der Waals surface area contributed by atoms with E-state index in [1.807, 2.05) is 18.2 Å². The molecule has 0 aliphatic carbocycles. The van der Waals surface area contributed by atoms with Gasteiger partial charge in [-0.2, -0.15) is 0 Å². The third kappa shape index (κ3) is 3.89. The molecule has 1 aromatic heterocycles. The zero-order valence-electron chi connectivity index (χ0n) is 9.64. The molecule has 0 atom stereocenters. The largest absolute Gasteiger partial charge is 2.00 e. The Bertz CT molecular complexity index is 403. The second-order valence-corrected chi connectivity index (χ2v) is 2.35. The summed E-state index contributed by atoms with van der Waals surface area (Å²) in [6.45, 7) is 0. The summed E-state index contributed by atoms with van der Waals surface area (Å²) in [5, 5.41) is 10.3. The summed E-state index contributed by atoms with van der Waals surface area (Å²) in [5.41, 5.74) is 0.662. The number of phenols is 1. The molecule has 5 heteroatoms. The minimum absolute atomic E-state index is 0. The van der Waals surface area contributed by atoms with Gasteiger partial charge in [-0.1, -0.05) is 18.2 Å². The normalized spacial score (nSPS) is 8.00. The number of fused-ring (bicyclic) bond motifs is 1. The van der Waals surface area contributed by atoms with Crippen molar-refractivity contribution in [1.29, 1.82) is 0 Å². The van der Waals surface area contributed by atoms with Crippen LogP contribution in [0.3, 0.4) is 0 Å². The molecule has 14 heavy (non-hydrogen) atoms. The van der Waals surface area contributed by atoms with Crippen LogP contribution in [0.1, 0.15) is 2.85 Å². The first kappa shape index (κ1) is 17.4. The molecule has 0 amide bonds. The van der Waals surface area contributed by atoms with Crippen LogP contribution in [0.5, 0.6) is 5.75 Å². The van der Waals surface area contributed by atoms with Gasteiger partial charge in [0.1, 0.15) is 11.3 Å². The van der Waals surface area contributed by atoms with Crippen molar-refractivity contribution in [1.82, 2.24) is 4.98 Å². The number of pyridine rings is 1. The summed E-state index contributed by atoms with van der Waals surface area (Å²) in [6, 6.07) is 9.13. The van der Waals surface area contributed by atoms with Gasteiger partial charge in [0.05, 0.1) is 0 Å². The molecule has 65 valence electrons. The van der Waals surface area contributed by atoms with E-state index in [1.54, 1.807) is 18.3 Å². The van der Waals surface area contributed by atoms with Gasteiger partial charge in [0, 0.05) is 53.1 Å². The number of phenolic OH excluding ortho intramolecular Hbond substituents is 1. The summed E-state index contributed by atoms with van der Waals surface area (Å²) < 4.78 is 0. The van der Waals surface area contributed by atoms with Gasteiger partial charge >= 0.3 is 37.7 Å². The van der Waals surface area contributed by atoms with Crippen LogP contribution < -0.4 is 0 Å². The molecule has 0 spiro atoms. The van der Waals surface area contributed by atoms with Gasteiger partial charge in [0.25, 0.3) is 0 Å². The van der Waals surface area contributed by atoms with Gasteiger partial charge in [0.15, 0.2) is 0 Å². The predicted octanol–water partition coefficient (Wildman–Crippen LogP) is 1.40. The number of para-hydroxylation sites is 1. The van der Waals surface area contributed by atoms with Crippen LogP contribution in [-0.2, 0) is 21.7 Å². The molecular weight excluding hydrogens is 296 g/mol. The van der Waals surface area contributed by atoms with Crippen LogP contribution in [0.25, 0.3) is 10.9 Å². The predicted molar refractivity (Wildman–Crippen MR) is 57.1 cm³/mol. The Hall–Kier alpha value is 1.04. The van der Waals surface area contributed by atoms with Gasteiger partial charge < -0.3 is 7.96 Å². The van der Waals surface area contributed by atoms with Crippen molar-refractivity contribution in [3.8, 4) is 5.75 Å². The fourth-order valence-electron chi connectivity index (χ4n) is 1.09. The summed E-state index contributed by atoms with van der Waals surface area (Å²) >= 11 is 0. The van der Waals surface area contributed by atoms with Crippen molar-refractivity contribution in [3.05, 3.63) is 36.5 Å². The van der Waals surface area contributed by atoms with Crippen molar-refractivity contribution in [3.63, 3.8) is 0 Å². The zero-order chi connectivity index (χ0) is 7.68. The van der Waals surface area contributed by atoms with E-state index in [9.17, 15) is 5.11 Å². The third-order valence-electron chi connectivity index (χ3n) is 1.61. The van der Waals surface area contributed by atoms with Crippen LogP contribution in [0.15, 0.2) is 36.5 Å². The molecule has 0 bridgehead atoms. The van der Waals surface area contributed by atoms with Crippen molar-refractivity contribution >= 4 is 68.4 Å². The van der Waals surface area contributed by atoms with Crippen molar-refractivity contribution in [2.45, 2.75) is 0 Å². The standard InChI is InChI=1S/C9H7NO.Ca.Ga.Ti.2H/c11-8-5-1-3-7-4-2-6-10-9(7)8;;;;;/h1-6,11H;;;;;/q;+2;;;2*-1. The Kier molecular flexibility index (Phi) is 10.2. The molecule has 1 aromatic carbocycles. The van der Waals surface area contributed by atoms with Gasteiger partial charge in [-0.05, 0) is 12.1 Å². The third-order valence-corrected chi connectivity index (χ3v) is 1.61. The molecule has 2 nitrogen and oxygen atoms in total. The maximum absolute atomic E-state index is 9.31. The average Bonchev–Trinajstić information content (AvgIpc) is 2.06. The minimum Gasteiger partial charge on any atom is -1.00 e. The van der Waals surface area contributed by atoms with E-state index in [1.165, 1.54) is 0 Å². The Balaban J connectivity index is -0.000000144. The average molecular weight is 305 g/mol. The number of benzene rings is 1. The number of hydrogen-bond acceptors (Lipinski definition) is 2. The van der Waals surface area contributed by atoms with E-state index in [-0.39, 0.29) is 87.8 Å². The van der Waals surface area contributed by atoms with Crippen molar-refractivity contribution in [2.75, 3.05) is 0 Å². The number of rotatable bonds is 0. The zero-order valence-corrected chi connectivity index (χ0v) is 13.8. The molecule has 2 rings (SSSR count). The van der Waals surface area contributed by atoms with E-state index in [2.05, 4.69) is 4.98 Å². The first-order chi connectivity index (χ1) is 5.38. The summed E-state index contributed by atoms with van der Waals surface area (Å²) in [4.78, 5) is 4.03. The first-order valence-electron chi connectivity index (χ1n) is 3.40. The summed E-state index contributed by atoms with van der Waals surface area (Å²) in [7, 11) is 0. The summed E-state index contributed by atoms with van der Waals surface area (Å²) in [6.07, 6.45) is 1.67. The second-order valence-electron chi connectivity index (χ2n) is 2.35. The molecule has 0 aliphatic heterocycles. The molecule has 0 aliphatic rings. The maximum atomic E-state index is 9.31. The van der Waals surface area contributed by atoms with Crippen LogP contribution in [-0.4, -0.2) is 67.6 Å². The fraction of sp³-hybridized carbons (Fsp3) is 0. The Morgan fingerprint density at radius 1 is 1.14 bits per heavy atom. The Labute approximate surface area is 143 Å². The molecular formula is C9H9CaGaNOTi. The number of nitrogens with zero attached hydrogens (tertiary/aromatic N) is 1.